The van der Waals surface area contributed by atoms with E-state index >= 15 is 0 Å². The number of hydrogen-bond donors (Lipinski definition) is 1. The van der Waals surface area contributed by atoms with E-state index in [0.29, 0.717) is 17.0 Å². The molecule has 1 N–H and O–H groups in total. The predicted octanol–water partition coefficient (Wildman–Crippen LogP) is 1.31. The van der Waals surface area contributed by atoms with Crippen LogP contribution in [-0.4, -0.2) is 28.1 Å². The van der Waals surface area contributed by atoms with Gasteiger partial charge in [-0.05, 0) is 30.3 Å². The Bertz CT molecular complexity index is 1010. The van der Waals surface area contributed by atoms with E-state index in [-0.39, 0.29) is 36.5 Å². The number of anilines is 1. The summed E-state index contributed by atoms with van der Waals surface area (Å²) in [5.41, 5.74) is 0.713. The molecule has 126 valence electrons. The third kappa shape index (κ3) is 2.82. The van der Waals surface area contributed by atoms with Crippen molar-refractivity contribution in [1.82, 2.24) is 9.78 Å². The molecule has 0 saturated heterocycles. The molecule has 1 amide bonds. The maximum atomic E-state index is 12.4. The van der Waals surface area contributed by atoms with Crippen molar-refractivity contribution in [1.29, 1.82) is 0 Å². The lowest BCUT2D eigenvalue weighted by molar-refractivity contribution is -0.118. The van der Waals surface area contributed by atoms with Crippen LogP contribution in [0.1, 0.15) is 10.4 Å². The molecule has 0 fully saturated rings. The van der Waals surface area contributed by atoms with E-state index in [0.717, 1.165) is 4.68 Å². The summed E-state index contributed by atoms with van der Waals surface area (Å²) >= 11 is 0. The maximum Gasteiger partial charge on any atom is 0.437 e. The second-order valence-corrected chi connectivity index (χ2v) is 5.28. The molecule has 0 aliphatic carbocycles. The van der Waals surface area contributed by atoms with Gasteiger partial charge < -0.3 is 18.9 Å². The monoisotopic (exact) mass is 341 g/mol. The molecule has 4 rings (SSSR count). The van der Waals surface area contributed by atoms with Crippen molar-refractivity contribution in [3.63, 3.8) is 0 Å². The number of fused-ring (bicyclic) bond motifs is 1. The lowest BCUT2D eigenvalue weighted by Gasteiger charge is -2.18. The summed E-state index contributed by atoms with van der Waals surface area (Å²) in [6.45, 7) is -0.374. The van der Waals surface area contributed by atoms with E-state index in [4.69, 9.17) is 13.6 Å². The highest BCUT2D eigenvalue weighted by Gasteiger charge is 2.20. The Kier molecular flexibility index (Phi) is 3.46. The summed E-state index contributed by atoms with van der Waals surface area (Å²) in [6, 6.07) is 7.85. The zero-order valence-corrected chi connectivity index (χ0v) is 12.7. The number of rotatable bonds is 4. The Morgan fingerprint density at radius 1 is 1.28 bits per heavy atom. The first-order valence-electron chi connectivity index (χ1n) is 7.32. The molecule has 0 radical (unpaired) electrons. The average molecular weight is 341 g/mol. The van der Waals surface area contributed by atoms with E-state index in [2.05, 4.69) is 10.4 Å². The number of furan rings is 1. The van der Waals surface area contributed by atoms with Crippen LogP contribution in [0.25, 0.3) is 11.7 Å². The number of carbonyl (C=O) groups is 2. The van der Waals surface area contributed by atoms with Crippen molar-refractivity contribution in [2.24, 2.45) is 0 Å². The van der Waals surface area contributed by atoms with Gasteiger partial charge in [0.05, 0.1) is 12.0 Å². The maximum absolute atomic E-state index is 12.4. The molecule has 1 aliphatic heterocycles. The van der Waals surface area contributed by atoms with Crippen LogP contribution in [0.2, 0.25) is 0 Å². The molecular weight excluding hydrogens is 330 g/mol. The predicted molar refractivity (Wildman–Crippen MR) is 83.4 cm³/mol. The quantitative estimate of drug-likeness (QED) is 0.711. The molecule has 2 aromatic heterocycles. The number of nitrogens with one attached hydrogen (secondary N) is 1. The van der Waals surface area contributed by atoms with Gasteiger partial charge in [0.2, 0.25) is 0 Å². The minimum atomic E-state index is -0.769. The zero-order valence-electron chi connectivity index (χ0n) is 12.7. The van der Waals surface area contributed by atoms with Crippen molar-refractivity contribution < 1.29 is 23.2 Å². The summed E-state index contributed by atoms with van der Waals surface area (Å²) in [5.74, 6) is -0.674. The van der Waals surface area contributed by atoms with Crippen molar-refractivity contribution >= 4 is 17.4 Å². The van der Waals surface area contributed by atoms with Crippen molar-refractivity contribution in [2.75, 3.05) is 11.9 Å². The zero-order chi connectivity index (χ0) is 17.4. The van der Waals surface area contributed by atoms with Crippen molar-refractivity contribution in [3.05, 3.63) is 52.7 Å². The van der Waals surface area contributed by atoms with Gasteiger partial charge in [0, 0.05) is 5.56 Å². The Morgan fingerprint density at radius 3 is 2.96 bits per heavy atom. The number of Topliss-reactive ketones (excluding diaryl/α,β-unsaturated/α-hetero) is 1. The molecule has 0 unspecified atom stereocenters. The van der Waals surface area contributed by atoms with Gasteiger partial charge in [-0.3, -0.25) is 9.59 Å². The fourth-order valence-corrected chi connectivity index (χ4v) is 2.39. The molecule has 0 saturated carbocycles. The summed E-state index contributed by atoms with van der Waals surface area (Å²) in [5, 5.41) is 6.57. The van der Waals surface area contributed by atoms with Gasteiger partial charge in [-0.25, -0.2) is 4.79 Å². The summed E-state index contributed by atoms with van der Waals surface area (Å²) in [6.07, 6.45) is 1.42. The van der Waals surface area contributed by atoms with Crippen molar-refractivity contribution in [2.45, 2.75) is 6.54 Å². The first-order chi connectivity index (χ1) is 12.1. The SMILES string of the molecule is O=C1COc2ccc(C(=O)Cn3nc(-c4ccco4)oc3=O)cc2N1. The second kappa shape index (κ2) is 5.78. The van der Waals surface area contributed by atoms with Crippen LogP contribution in [-0.2, 0) is 11.3 Å². The fourth-order valence-electron chi connectivity index (χ4n) is 2.39. The Balaban J connectivity index is 1.58. The highest BCUT2D eigenvalue weighted by atomic mass is 16.5. The van der Waals surface area contributed by atoms with Crippen LogP contribution in [0.5, 0.6) is 5.75 Å². The molecule has 0 spiro atoms. The molecule has 3 aromatic rings. The molecular formula is C16H11N3O6. The second-order valence-electron chi connectivity index (χ2n) is 5.28. The van der Waals surface area contributed by atoms with Gasteiger partial charge in [-0.2, -0.15) is 4.68 Å². The standard InChI is InChI=1S/C16H11N3O6/c20-11(9-3-4-12-10(6-9)17-14(21)8-24-12)7-19-16(22)25-15(18-19)13-2-1-5-23-13/h1-6H,7-8H2,(H,17,21). The van der Waals surface area contributed by atoms with E-state index in [1.807, 2.05) is 0 Å². The fraction of sp³-hybridized carbons (Fsp3) is 0.125. The first-order valence-corrected chi connectivity index (χ1v) is 7.32. The van der Waals surface area contributed by atoms with Gasteiger partial charge in [-0.1, -0.05) is 0 Å². The summed E-state index contributed by atoms with van der Waals surface area (Å²) < 4.78 is 16.2. The van der Waals surface area contributed by atoms with Gasteiger partial charge in [0.1, 0.15) is 12.3 Å². The lowest BCUT2D eigenvalue weighted by atomic mass is 10.1. The van der Waals surface area contributed by atoms with E-state index in [9.17, 15) is 14.4 Å². The van der Waals surface area contributed by atoms with E-state index in [1.54, 1.807) is 24.3 Å². The minimum Gasteiger partial charge on any atom is -0.482 e. The number of aromatic nitrogens is 2. The Labute approximate surface area is 139 Å². The number of hydrogen-bond acceptors (Lipinski definition) is 7. The Hall–Kier alpha value is -3.62. The van der Waals surface area contributed by atoms with Gasteiger partial charge in [0.15, 0.2) is 18.2 Å². The third-order valence-electron chi connectivity index (χ3n) is 3.57. The first kappa shape index (κ1) is 14.9. The van der Waals surface area contributed by atoms with E-state index < -0.39 is 5.76 Å². The topological polar surface area (TPSA) is 117 Å². The van der Waals surface area contributed by atoms with Crippen molar-refractivity contribution in [3.8, 4) is 17.4 Å². The summed E-state index contributed by atoms with van der Waals surface area (Å²) in [4.78, 5) is 35.6. The number of carbonyl (C=O) groups excluding carboxylic acids is 2. The smallest absolute Gasteiger partial charge is 0.437 e. The molecule has 3 heterocycles. The van der Waals surface area contributed by atoms with Crippen LogP contribution in [0, 0.1) is 0 Å². The molecule has 0 atom stereocenters. The Morgan fingerprint density at radius 2 is 2.16 bits per heavy atom. The molecule has 1 aliphatic rings. The molecule has 25 heavy (non-hydrogen) atoms. The van der Waals surface area contributed by atoms with Gasteiger partial charge >= 0.3 is 5.76 Å². The molecule has 9 heteroatoms. The van der Waals surface area contributed by atoms with E-state index in [1.165, 1.54) is 12.3 Å². The van der Waals surface area contributed by atoms with Crippen LogP contribution in [0.15, 0.2) is 50.2 Å². The highest BCUT2D eigenvalue weighted by Crippen LogP contribution is 2.28. The van der Waals surface area contributed by atoms with Crippen LogP contribution >= 0.6 is 0 Å². The average Bonchev–Trinajstić information content (AvgIpc) is 3.24. The largest absolute Gasteiger partial charge is 0.482 e. The van der Waals surface area contributed by atoms with Crippen LogP contribution in [0.4, 0.5) is 5.69 Å². The van der Waals surface area contributed by atoms with Gasteiger partial charge in [-0.15, -0.1) is 5.10 Å². The normalized spacial score (nSPS) is 13.0. The summed E-state index contributed by atoms with van der Waals surface area (Å²) in [7, 11) is 0. The van der Waals surface area contributed by atoms with Crippen LogP contribution < -0.4 is 15.8 Å². The third-order valence-corrected chi connectivity index (χ3v) is 3.57. The lowest BCUT2D eigenvalue weighted by Crippen LogP contribution is -2.26. The van der Waals surface area contributed by atoms with Crippen LogP contribution in [0.3, 0.4) is 0 Å². The molecule has 9 nitrogen and oxygen atoms in total. The van der Waals surface area contributed by atoms with Gasteiger partial charge in [0.25, 0.3) is 11.8 Å². The number of ketones is 1. The number of benzene rings is 1. The number of ether oxygens (including phenoxy) is 1. The number of nitrogens with zero attached hydrogens (tertiary/aromatic N) is 2. The number of amides is 1. The highest BCUT2D eigenvalue weighted by molar-refractivity contribution is 6.00. The molecule has 1 aromatic carbocycles. The molecule has 0 bridgehead atoms. The minimum absolute atomic E-state index is 0.00564.